The van der Waals surface area contributed by atoms with Crippen molar-refractivity contribution >= 4 is 23.5 Å². The highest BCUT2D eigenvalue weighted by molar-refractivity contribution is 5.93. The number of ether oxygens (including phenoxy) is 2. The summed E-state index contributed by atoms with van der Waals surface area (Å²) in [5, 5.41) is 16.2. The molecule has 13 heteroatoms. The highest BCUT2D eigenvalue weighted by atomic mass is 16.5. The van der Waals surface area contributed by atoms with Crippen molar-refractivity contribution in [2.75, 3.05) is 35.9 Å². The van der Waals surface area contributed by atoms with Crippen molar-refractivity contribution in [3.8, 4) is 23.2 Å². The first-order chi connectivity index (χ1) is 22.1. The number of pyridine rings is 2. The molecule has 2 fully saturated rings. The van der Waals surface area contributed by atoms with Gasteiger partial charge < -0.3 is 20.1 Å². The number of carbonyl (C=O) groups is 1. The fourth-order valence-electron chi connectivity index (χ4n) is 5.51. The second kappa shape index (κ2) is 14.0. The number of hydrogen-bond acceptors (Lipinski definition) is 12. The first kappa shape index (κ1) is 29.8. The van der Waals surface area contributed by atoms with Crippen LogP contribution in [0.15, 0.2) is 61.3 Å². The lowest BCUT2D eigenvalue weighted by Gasteiger charge is -2.36. The molecule has 1 saturated heterocycles. The quantitative estimate of drug-likeness (QED) is 0.254. The Hall–Kier alpha value is -5.22. The van der Waals surface area contributed by atoms with Crippen LogP contribution in [0.4, 0.5) is 17.6 Å². The molecule has 13 nitrogen and oxygen atoms in total. The van der Waals surface area contributed by atoms with Gasteiger partial charge in [0.2, 0.25) is 11.9 Å². The molecule has 2 N–H and O–H groups in total. The average Bonchev–Trinajstić information content (AvgIpc) is 3.07. The van der Waals surface area contributed by atoms with Crippen molar-refractivity contribution in [3.05, 3.63) is 72.6 Å². The summed E-state index contributed by atoms with van der Waals surface area (Å²) in [5.41, 5.74) is 2.92. The van der Waals surface area contributed by atoms with Crippen LogP contribution in [0.5, 0.6) is 6.01 Å². The Morgan fingerprint density at radius 3 is 2.40 bits per heavy atom. The lowest BCUT2D eigenvalue weighted by atomic mass is 9.89. The van der Waals surface area contributed by atoms with Crippen LogP contribution in [0.1, 0.15) is 43.4 Å². The minimum absolute atomic E-state index is 0.0104. The molecule has 0 unspecified atom stereocenters. The summed E-state index contributed by atoms with van der Waals surface area (Å²) in [6, 6.07) is 12.3. The molecule has 2 aliphatic rings. The summed E-state index contributed by atoms with van der Waals surface area (Å²) >= 11 is 0. The number of carbonyl (C=O) groups excluding carboxylic acids is 1. The Bertz CT molecular complexity index is 1620. The molecule has 0 spiro atoms. The van der Waals surface area contributed by atoms with Gasteiger partial charge in [0.15, 0.2) is 0 Å². The van der Waals surface area contributed by atoms with E-state index < -0.39 is 0 Å². The molecule has 0 aromatic carbocycles. The van der Waals surface area contributed by atoms with E-state index in [-0.39, 0.29) is 24.0 Å². The van der Waals surface area contributed by atoms with Crippen LogP contribution >= 0.6 is 0 Å². The standard InChI is InChI=1S/C32H34N10O3/c1-44-32-37-17-23(18-38-32)21-5-11-28(35-15-21)42(29(43)12-8-24-4-2-3-13-34-24)27-9-6-25(7-10-27)40-31-36-16-22(14-33)30(41-31)39-26-19-45-20-26/h2-5,11,13,15-18,25-27H,6-10,12,19-20H2,1H3,(H2,36,39,40,41)/t25-,27-. The predicted molar refractivity (Wildman–Crippen MR) is 167 cm³/mol. The first-order valence-electron chi connectivity index (χ1n) is 15.0. The number of amides is 1. The summed E-state index contributed by atoms with van der Waals surface area (Å²) < 4.78 is 10.3. The third kappa shape index (κ3) is 7.30. The van der Waals surface area contributed by atoms with Crippen molar-refractivity contribution in [1.29, 1.82) is 5.26 Å². The number of aromatic nitrogens is 6. The summed E-state index contributed by atoms with van der Waals surface area (Å²) in [7, 11) is 1.52. The van der Waals surface area contributed by atoms with Crippen LogP contribution in [-0.4, -0.2) is 74.3 Å². The molecule has 1 aliphatic carbocycles. The van der Waals surface area contributed by atoms with Crippen molar-refractivity contribution < 1.29 is 14.3 Å². The highest BCUT2D eigenvalue weighted by Crippen LogP contribution is 2.30. The maximum absolute atomic E-state index is 13.8. The second-order valence-corrected chi connectivity index (χ2v) is 11.0. The number of methoxy groups -OCH3 is 1. The van der Waals surface area contributed by atoms with Crippen LogP contribution in [-0.2, 0) is 16.0 Å². The van der Waals surface area contributed by atoms with E-state index in [9.17, 15) is 10.1 Å². The fourth-order valence-corrected chi connectivity index (χ4v) is 5.51. The number of nitrogens with one attached hydrogen (secondary N) is 2. The van der Waals surface area contributed by atoms with E-state index in [0.29, 0.717) is 55.2 Å². The molecular weight excluding hydrogens is 572 g/mol. The molecule has 4 aromatic rings. The predicted octanol–water partition coefficient (Wildman–Crippen LogP) is 3.80. The summed E-state index contributed by atoms with van der Waals surface area (Å²) in [6.07, 6.45) is 12.5. The van der Waals surface area contributed by atoms with Gasteiger partial charge in [-0.1, -0.05) is 6.07 Å². The molecule has 45 heavy (non-hydrogen) atoms. The molecule has 1 amide bonds. The van der Waals surface area contributed by atoms with Gasteiger partial charge in [-0.25, -0.2) is 19.9 Å². The number of nitriles is 1. The summed E-state index contributed by atoms with van der Waals surface area (Å²) in [5.74, 6) is 1.61. The van der Waals surface area contributed by atoms with Gasteiger partial charge in [0.1, 0.15) is 23.3 Å². The smallest absolute Gasteiger partial charge is 0.316 e. The third-order valence-electron chi connectivity index (χ3n) is 8.01. The zero-order valence-electron chi connectivity index (χ0n) is 25.0. The highest BCUT2D eigenvalue weighted by Gasteiger charge is 2.31. The number of hydrogen-bond donors (Lipinski definition) is 2. The molecule has 1 saturated carbocycles. The van der Waals surface area contributed by atoms with Gasteiger partial charge in [0.25, 0.3) is 0 Å². The lowest BCUT2D eigenvalue weighted by molar-refractivity contribution is -0.119. The molecule has 1 aliphatic heterocycles. The van der Waals surface area contributed by atoms with E-state index >= 15 is 0 Å². The number of nitrogens with zero attached hydrogens (tertiary/aromatic N) is 8. The normalized spacial score (nSPS) is 17.9. The van der Waals surface area contributed by atoms with Crippen LogP contribution < -0.4 is 20.3 Å². The van der Waals surface area contributed by atoms with Crippen LogP contribution in [0, 0.1) is 11.3 Å². The van der Waals surface area contributed by atoms with E-state index in [0.717, 1.165) is 42.5 Å². The summed E-state index contributed by atoms with van der Waals surface area (Å²) in [4.78, 5) is 42.1. The van der Waals surface area contributed by atoms with E-state index in [1.165, 1.54) is 13.3 Å². The van der Waals surface area contributed by atoms with Gasteiger partial charge in [-0.15, -0.1) is 0 Å². The van der Waals surface area contributed by atoms with Crippen LogP contribution in [0.2, 0.25) is 0 Å². The van der Waals surface area contributed by atoms with Gasteiger partial charge in [-0.05, 0) is 56.4 Å². The number of rotatable bonds is 11. The second-order valence-electron chi connectivity index (χ2n) is 11.0. The Balaban J connectivity index is 1.15. The van der Waals surface area contributed by atoms with Crippen molar-refractivity contribution in [2.24, 2.45) is 0 Å². The molecule has 0 radical (unpaired) electrons. The molecule has 0 atom stereocenters. The van der Waals surface area contributed by atoms with Gasteiger partial charge in [0.05, 0.1) is 32.6 Å². The van der Waals surface area contributed by atoms with Gasteiger partial charge >= 0.3 is 6.01 Å². The minimum Gasteiger partial charge on any atom is -0.467 e. The van der Waals surface area contributed by atoms with Crippen LogP contribution in [0.25, 0.3) is 11.1 Å². The zero-order chi connectivity index (χ0) is 31.0. The fraction of sp³-hybridized carbons (Fsp3) is 0.375. The Morgan fingerprint density at radius 1 is 0.956 bits per heavy atom. The summed E-state index contributed by atoms with van der Waals surface area (Å²) in [6.45, 7) is 1.18. The SMILES string of the molecule is COc1ncc(-c2ccc(N(C(=O)CCc3ccccn3)[C@H]3CC[C@H](Nc4ncc(C#N)c(NC5COC5)n4)CC3)nc2)cn1. The average molecular weight is 607 g/mol. The van der Waals surface area contributed by atoms with Crippen molar-refractivity contribution in [3.63, 3.8) is 0 Å². The largest absolute Gasteiger partial charge is 0.467 e. The van der Waals surface area contributed by atoms with Gasteiger partial charge in [-0.3, -0.25) is 14.7 Å². The van der Waals surface area contributed by atoms with E-state index in [2.05, 4.69) is 41.6 Å². The number of aryl methyl sites for hydroxylation is 1. The lowest BCUT2D eigenvalue weighted by Crippen LogP contribution is -2.45. The third-order valence-corrected chi connectivity index (χ3v) is 8.01. The Morgan fingerprint density at radius 2 is 1.76 bits per heavy atom. The van der Waals surface area contributed by atoms with Crippen molar-refractivity contribution in [2.45, 2.75) is 56.7 Å². The molecule has 0 bridgehead atoms. The Kier molecular flexibility index (Phi) is 9.31. The molecule has 6 rings (SSSR count). The van der Waals surface area contributed by atoms with Crippen LogP contribution in [0.3, 0.4) is 0 Å². The van der Waals surface area contributed by atoms with E-state index in [1.807, 2.05) is 35.2 Å². The van der Waals surface area contributed by atoms with Crippen molar-refractivity contribution in [1.82, 2.24) is 29.9 Å². The van der Waals surface area contributed by atoms with E-state index in [4.69, 9.17) is 14.5 Å². The monoisotopic (exact) mass is 606 g/mol. The minimum atomic E-state index is -0.0142. The maximum atomic E-state index is 13.8. The molecule has 5 heterocycles. The Labute approximate surface area is 261 Å². The van der Waals surface area contributed by atoms with Gasteiger partial charge in [-0.2, -0.15) is 10.2 Å². The maximum Gasteiger partial charge on any atom is 0.316 e. The molecule has 4 aromatic heterocycles. The number of anilines is 3. The van der Waals surface area contributed by atoms with E-state index in [1.54, 1.807) is 24.8 Å². The van der Waals surface area contributed by atoms with Gasteiger partial charge in [0, 0.05) is 60.1 Å². The zero-order valence-corrected chi connectivity index (χ0v) is 25.0. The first-order valence-corrected chi connectivity index (χ1v) is 15.0. The molecular formula is C32H34N10O3. The molecule has 230 valence electrons. The topological polar surface area (TPSA) is 164 Å².